The number of nitrogens with one attached hydrogen (secondary N) is 2. The van der Waals surface area contributed by atoms with Gasteiger partial charge in [0.05, 0.1) is 12.2 Å². The first-order chi connectivity index (χ1) is 8.93. The molecular formula is C11H12BrIN2O4. The number of rotatable bonds is 5. The van der Waals surface area contributed by atoms with Gasteiger partial charge >= 0.3 is 12.0 Å². The Morgan fingerprint density at radius 1 is 1.53 bits per heavy atom. The molecular weight excluding hydrogens is 431 g/mol. The third-order valence-corrected chi connectivity index (χ3v) is 3.62. The number of methoxy groups -OCH3 is 1. The van der Waals surface area contributed by atoms with E-state index in [-0.39, 0.29) is 6.54 Å². The van der Waals surface area contributed by atoms with E-state index in [2.05, 4.69) is 49.2 Å². The van der Waals surface area contributed by atoms with Gasteiger partial charge in [0, 0.05) is 15.2 Å². The number of aliphatic carboxylic acids is 1. The van der Waals surface area contributed by atoms with Crippen molar-refractivity contribution < 1.29 is 19.4 Å². The molecule has 0 heterocycles. The number of carboxylic acid groups (broad SMARTS) is 1. The van der Waals surface area contributed by atoms with Crippen LogP contribution in [0.25, 0.3) is 0 Å². The Hall–Kier alpha value is -0.870. The van der Waals surface area contributed by atoms with Gasteiger partial charge < -0.3 is 20.5 Å². The van der Waals surface area contributed by atoms with Crippen LogP contribution in [0.1, 0.15) is 0 Å². The van der Waals surface area contributed by atoms with E-state index in [1.807, 2.05) is 12.1 Å². The molecule has 19 heavy (non-hydrogen) atoms. The molecule has 1 rings (SSSR count). The van der Waals surface area contributed by atoms with Crippen LogP contribution >= 0.6 is 38.5 Å². The van der Waals surface area contributed by atoms with Crippen molar-refractivity contribution in [2.24, 2.45) is 0 Å². The fourth-order valence-electron chi connectivity index (χ4n) is 1.22. The summed E-state index contributed by atoms with van der Waals surface area (Å²) in [6, 6.07) is 4.97. The molecule has 1 aromatic carbocycles. The quantitative estimate of drug-likeness (QED) is 0.610. The lowest BCUT2D eigenvalue weighted by atomic mass is 10.3. The van der Waals surface area contributed by atoms with Crippen LogP contribution in [0.4, 0.5) is 10.5 Å². The molecule has 0 spiro atoms. The number of carboxylic acids is 1. The number of carbonyl (C=O) groups is 2. The van der Waals surface area contributed by atoms with Gasteiger partial charge in [0.1, 0.15) is 0 Å². The fraction of sp³-hybridized carbons (Fsp3) is 0.273. The largest absolute Gasteiger partial charge is 0.479 e. The van der Waals surface area contributed by atoms with E-state index in [0.717, 1.165) is 8.04 Å². The van der Waals surface area contributed by atoms with Crippen LogP contribution in [-0.4, -0.2) is 36.9 Å². The lowest BCUT2D eigenvalue weighted by Crippen LogP contribution is -2.39. The molecule has 1 unspecified atom stereocenters. The van der Waals surface area contributed by atoms with E-state index < -0.39 is 18.1 Å². The summed E-state index contributed by atoms with van der Waals surface area (Å²) >= 11 is 5.39. The molecule has 0 aliphatic heterocycles. The lowest BCUT2D eigenvalue weighted by molar-refractivity contribution is -0.147. The first-order valence-corrected chi connectivity index (χ1v) is 7.06. The highest BCUT2D eigenvalue weighted by Gasteiger charge is 2.17. The Morgan fingerprint density at radius 2 is 2.21 bits per heavy atom. The van der Waals surface area contributed by atoms with Crippen molar-refractivity contribution >= 4 is 56.2 Å². The van der Waals surface area contributed by atoms with Gasteiger partial charge in [-0.3, -0.25) is 0 Å². The lowest BCUT2D eigenvalue weighted by Gasteiger charge is -2.13. The summed E-state index contributed by atoms with van der Waals surface area (Å²) in [5.41, 5.74) is 0.636. The Kier molecular flexibility index (Phi) is 6.52. The Morgan fingerprint density at radius 3 is 2.79 bits per heavy atom. The molecule has 2 amide bonds. The highest BCUT2D eigenvalue weighted by molar-refractivity contribution is 14.1. The van der Waals surface area contributed by atoms with Crippen LogP contribution < -0.4 is 10.6 Å². The number of urea groups is 1. The van der Waals surface area contributed by atoms with Crippen LogP contribution in [0.2, 0.25) is 0 Å². The molecule has 0 aliphatic carbocycles. The third-order valence-electron chi connectivity index (χ3n) is 2.18. The standard InChI is InChI=1S/C11H12BrIN2O4/c1-19-9(10(16)17)5-14-11(18)15-8-4-6(12)2-3-7(8)13/h2-4,9H,5H2,1H3,(H,16,17)(H2,14,15,18). The zero-order chi connectivity index (χ0) is 14.4. The van der Waals surface area contributed by atoms with Gasteiger partial charge in [0.15, 0.2) is 6.10 Å². The second-order valence-corrected chi connectivity index (χ2v) is 5.60. The monoisotopic (exact) mass is 442 g/mol. The number of amides is 2. The molecule has 0 radical (unpaired) electrons. The molecule has 104 valence electrons. The van der Waals surface area contributed by atoms with E-state index in [1.54, 1.807) is 6.07 Å². The topological polar surface area (TPSA) is 87.7 Å². The van der Waals surface area contributed by atoms with Gasteiger partial charge in [-0.1, -0.05) is 15.9 Å². The van der Waals surface area contributed by atoms with Crippen LogP contribution in [0, 0.1) is 3.57 Å². The Labute approximate surface area is 132 Å². The van der Waals surface area contributed by atoms with Crippen molar-refractivity contribution in [3.63, 3.8) is 0 Å². The van der Waals surface area contributed by atoms with Gasteiger partial charge in [0.25, 0.3) is 0 Å². The zero-order valence-corrected chi connectivity index (χ0v) is 13.7. The van der Waals surface area contributed by atoms with Gasteiger partial charge in [-0.15, -0.1) is 0 Å². The van der Waals surface area contributed by atoms with E-state index in [4.69, 9.17) is 9.84 Å². The summed E-state index contributed by atoms with van der Waals surface area (Å²) in [5.74, 6) is -1.13. The molecule has 0 aliphatic rings. The van der Waals surface area contributed by atoms with Crippen molar-refractivity contribution in [2.75, 3.05) is 19.0 Å². The average Bonchev–Trinajstić information content (AvgIpc) is 2.34. The maximum atomic E-state index is 11.6. The summed E-state index contributed by atoms with van der Waals surface area (Å²) < 4.78 is 6.41. The minimum Gasteiger partial charge on any atom is -0.479 e. The molecule has 0 saturated heterocycles. The van der Waals surface area contributed by atoms with Crippen LogP contribution in [0.15, 0.2) is 22.7 Å². The number of hydrogen-bond acceptors (Lipinski definition) is 3. The van der Waals surface area contributed by atoms with Crippen LogP contribution in [-0.2, 0) is 9.53 Å². The van der Waals surface area contributed by atoms with Gasteiger partial charge in [-0.2, -0.15) is 0 Å². The minimum absolute atomic E-state index is 0.109. The molecule has 0 saturated carbocycles. The second-order valence-electron chi connectivity index (χ2n) is 3.52. The average molecular weight is 443 g/mol. The third kappa shape index (κ3) is 5.33. The second kappa shape index (κ2) is 7.65. The number of hydrogen-bond donors (Lipinski definition) is 3. The molecule has 3 N–H and O–H groups in total. The minimum atomic E-state index is -1.13. The van der Waals surface area contributed by atoms with E-state index in [0.29, 0.717) is 5.69 Å². The normalized spacial score (nSPS) is 11.7. The summed E-state index contributed by atoms with van der Waals surface area (Å²) in [6.07, 6.45) is -1.06. The molecule has 1 atom stereocenters. The van der Waals surface area contributed by atoms with Crippen LogP contribution in [0.3, 0.4) is 0 Å². The summed E-state index contributed by atoms with van der Waals surface area (Å²) in [5, 5.41) is 13.8. The molecule has 0 aromatic heterocycles. The number of benzene rings is 1. The maximum Gasteiger partial charge on any atom is 0.334 e. The van der Waals surface area contributed by atoms with Gasteiger partial charge in [-0.25, -0.2) is 9.59 Å². The summed E-state index contributed by atoms with van der Waals surface area (Å²) in [6.45, 7) is -0.109. The van der Waals surface area contributed by atoms with E-state index >= 15 is 0 Å². The predicted octanol–water partition coefficient (Wildman–Crippen LogP) is 2.27. The first-order valence-electron chi connectivity index (χ1n) is 5.19. The Bertz CT molecular complexity index is 484. The van der Waals surface area contributed by atoms with Gasteiger partial charge in [-0.05, 0) is 40.8 Å². The van der Waals surface area contributed by atoms with Crippen molar-refractivity contribution in [1.29, 1.82) is 0 Å². The van der Waals surface area contributed by atoms with E-state index in [1.165, 1.54) is 7.11 Å². The number of anilines is 1. The summed E-state index contributed by atoms with van der Waals surface area (Å²) in [7, 11) is 1.27. The smallest absolute Gasteiger partial charge is 0.334 e. The van der Waals surface area contributed by atoms with E-state index in [9.17, 15) is 9.59 Å². The molecule has 0 fully saturated rings. The highest BCUT2D eigenvalue weighted by Crippen LogP contribution is 2.22. The SMILES string of the molecule is COC(CNC(=O)Nc1cc(Br)ccc1I)C(=O)O. The Balaban J connectivity index is 2.56. The molecule has 6 nitrogen and oxygen atoms in total. The molecule has 0 bridgehead atoms. The summed E-state index contributed by atoms with van der Waals surface area (Å²) in [4.78, 5) is 22.3. The maximum absolute atomic E-state index is 11.6. The molecule has 1 aromatic rings. The number of carbonyl (C=O) groups excluding carboxylic acids is 1. The fourth-order valence-corrected chi connectivity index (χ4v) is 2.05. The number of halogens is 2. The zero-order valence-electron chi connectivity index (χ0n) is 9.94. The van der Waals surface area contributed by atoms with Crippen LogP contribution in [0.5, 0.6) is 0 Å². The van der Waals surface area contributed by atoms with Crippen molar-refractivity contribution in [2.45, 2.75) is 6.10 Å². The van der Waals surface area contributed by atoms with Gasteiger partial charge in [0.2, 0.25) is 0 Å². The number of ether oxygens (including phenoxy) is 1. The first kappa shape index (κ1) is 16.2. The van der Waals surface area contributed by atoms with Crippen molar-refractivity contribution in [3.8, 4) is 0 Å². The highest BCUT2D eigenvalue weighted by atomic mass is 127. The molecule has 8 heteroatoms. The predicted molar refractivity (Wildman–Crippen MR) is 82.3 cm³/mol. The van der Waals surface area contributed by atoms with Crippen molar-refractivity contribution in [3.05, 3.63) is 26.2 Å². The van der Waals surface area contributed by atoms with Crippen molar-refractivity contribution in [1.82, 2.24) is 5.32 Å².